The Morgan fingerprint density at radius 3 is 3.12 bits per heavy atom. The highest BCUT2D eigenvalue weighted by Gasteiger charge is 2.34. The zero-order chi connectivity index (χ0) is 11.8. The molecule has 2 aliphatic rings. The summed E-state index contributed by atoms with van der Waals surface area (Å²) in [6, 6.07) is 0.753. The Hall–Kier alpha value is -0.870. The van der Waals surface area contributed by atoms with E-state index in [0.717, 1.165) is 18.5 Å². The molecule has 0 bridgehead atoms. The van der Waals surface area contributed by atoms with Crippen molar-refractivity contribution >= 4 is 0 Å². The smallest absolute Gasteiger partial charge is 0.0537 e. The molecule has 0 amide bonds. The van der Waals surface area contributed by atoms with Crippen molar-refractivity contribution in [3.05, 3.63) is 17.5 Å². The minimum atomic E-state index is 0.753. The number of hydrogen-bond donors (Lipinski definition) is 1. The summed E-state index contributed by atoms with van der Waals surface area (Å²) in [5.74, 6) is 0.876. The van der Waals surface area contributed by atoms with Gasteiger partial charge in [-0.2, -0.15) is 5.10 Å². The van der Waals surface area contributed by atoms with Gasteiger partial charge in [0.05, 0.1) is 6.20 Å². The van der Waals surface area contributed by atoms with Crippen molar-refractivity contribution in [2.45, 2.75) is 32.4 Å². The van der Waals surface area contributed by atoms with Gasteiger partial charge in [-0.05, 0) is 38.8 Å². The van der Waals surface area contributed by atoms with Gasteiger partial charge in [0.2, 0.25) is 0 Å². The van der Waals surface area contributed by atoms with Crippen LogP contribution in [0.15, 0.2) is 6.20 Å². The second-order valence-electron chi connectivity index (χ2n) is 5.48. The molecule has 2 aliphatic heterocycles. The molecule has 0 radical (unpaired) electrons. The fourth-order valence-electron chi connectivity index (χ4n) is 3.28. The Bertz CT molecular complexity index is 398. The first-order valence-corrected chi connectivity index (χ1v) is 6.68. The molecule has 3 rings (SSSR count). The molecule has 2 unspecified atom stereocenters. The Balaban J connectivity index is 1.74. The zero-order valence-corrected chi connectivity index (χ0v) is 10.8. The molecule has 2 fully saturated rings. The van der Waals surface area contributed by atoms with Crippen molar-refractivity contribution in [2.24, 2.45) is 13.0 Å². The molecule has 1 aromatic heterocycles. The van der Waals surface area contributed by atoms with Crippen LogP contribution in [0.3, 0.4) is 0 Å². The van der Waals surface area contributed by atoms with Crippen LogP contribution in [0.5, 0.6) is 0 Å². The quantitative estimate of drug-likeness (QED) is 0.826. The Labute approximate surface area is 103 Å². The average Bonchev–Trinajstić information content (AvgIpc) is 2.91. The van der Waals surface area contributed by atoms with Crippen LogP contribution in [0.2, 0.25) is 0 Å². The number of aryl methyl sites for hydroxylation is 1. The lowest BCUT2D eigenvalue weighted by atomic mass is 9.92. The minimum Gasteiger partial charge on any atom is -0.315 e. The van der Waals surface area contributed by atoms with Gasteiger partial charge in [0.25, 0.3) is 0 Å². The van der Waals surface area contributed by atoms with Crippen LogP contribution in [0, 0.1) is 12.8 Å². The van der Waals surface area contributed by atoms with Crippen molar-refractivity contribution in [3.8, 4) is 0 Å². The summed E-state index contributed by atoms with van der Waals surface area (Å²) in [5.41, 5.74) is 2.69. The summed E-state index contributed by atoms with van der Waals surface area (Å²) in [5, 5.41) is 7.88. The Morgan fingerprint density at radius 2 is 2.35 bits per heavy atom. The number of likely N-dealkylation sites (tertiary alicyclic amines) is 1. The summed E-state index contributed by atoms with van der Waals surface area (Å²) in [4.78, 5) is 2.65. The van der Waals surface area contributed by atoms with E-state index >= 15 is 0 Å². The third kappa shape index (κ3) is 2.00. The fourth-order valence-corrected chi connectivity index (χ4v) is 3.28. The molecular formula is C13H22N4. The molecule has 1 aromatic rings. The van der Waals surface area contributed by atoms with Crippen LogP contribution in [-0.4, -0.2) is 40.4 Å². The number of hydrogen-bond acceptors (Lipinski definition) is 3. The number of piperidine rings is 1. The molecule has 4 nitrogen and oxygen atoms in total. The van der Waals surface area contributed by atoms with Crippen molar-refractivity contribution in [1.29, 1.82) is 0 Å². The second kappa shape index (κ2) is 4.42. The zero-order valence-electron chi connectivity index (χ0n) is 10.8. The molecule has 17 heavy (non-hydrogen) atoms. The predicted molar refractivity (Wildman–Crippen MR) is 67.7 cm³/mol. The van der Waals surface area contributed by atoms with Crippen LogP contribution in [-0.2, 0) is 13.6 Å². The van der Waals surface area contributed by atoms with Gasteiger partial charge in [-0.15, -0.1) is 0 Å². The van der Waals surface area contributed by atoms with E-state index in [1.807, 2.05) is 17.9 Å². The molecule has 3 heterocycles. The average molecular weight is 234 g/mol. The fraction of sp³-hybridized carbons (Fsp3) is 0.769. The number of rotatable bonds is 2. The summed E-state index contributed by atoms with van der Waals surface area (Å²) in [7, 11) is 2.02. The monoisotopic (exact) mass is 234 g/mol. The standard InChI is InChI=1S/C13H22N4/c1-10-12(7-15-16(10)2)9-17-5-3-4-11-6-14-8-13(11)17/h7,11,13-14H,3-6,8-9H2,1-2H3. The highest BCUT2D eigenvalue weighted by Crippen LogP contribution is 2.28. The van der Waals surface area contributed by atoms with E-state index in [2.05, 4.69) is 22.2 Å². The summed E-state index contributed by atoms with van der Waals surface area (Å²) in [6.45, 7) is 6.87. The van der Waals surface area contributed by atoms with E-state index in [-0.39, 0.29) is 0 Å². The van der Waals surface area contributed by atoms with E-state index < -0.39 is 0 Å². The van der Waals surface area contributed by atoms with Gasteiger partial charge >= 0.3 is 0 Å². The molecule has 4 heteroatoms. The van der Waals surface area contributed by atoms with Crippen molar-refractivity contribution in [3.63, 3.8) is 0 Å². The number of nitrogens with zero attached hydrogens (tertiary/aromatic N) is 3. The molecular weight excluding hydrogens is 212 g/mol. The normalized spacial score (nSPS) is 29.5. The van der Waals surface area contributed by atoms with Crippen molar-refractivity contribution in [2.75, 3.05) is 19.6 Å². The van der Waals surface area contributed by atoms with Crippen LogP contribution >= 0.6 is 0 Å². The lowest BCUT2D eigenvalue weighted by molar-refractivity contribution is 0.117. The van der Waals surface area contributed by atoms with Crippen molar-refractivity contribution < 1.29 is 0 Å². The van der Waals surface area contributed by atoms with E-state index in [9.17, 15) is 0 Å². The van der Waals surface area contributed by atoms with Gasteiger partial charge in [-0.25, -0.2) is 0 Å². The Kier molecular flexibility index (Phi) is 2.92. The molecule has 2 saturated heterocycles. The maximum atomic E-state index is 4.34. The van der Waals surface area contributed by atoms with Gasteiger partial charge in [0, 0.05) is 37.4 Å². The van der Waals surface area contributed by atoms with Gasteiger partial charge in [0.15, 0.2) is 0 Å². The van der Waals surface area contributed by atoms with Crippen LogP contribution in [0.1, 0.15) is 24.1 Å². The maximum Gasteiger partial charge on any atom is 0.0537 e. The highest BCUT2D eigenvalue weighted by atomic mass is 15.3. The molecule has 0 spiro atoms. The Morgan fingerprint density at radius 1 is 1.47 bits per heavy atom. The topological polar surface area (TPSA) is 33.1 Å². The van der Waals surface area contributed by atoms with Gasteiger partial charge in [0.1, 0.15) is 0 Å². The summed E-state index contributed by atoms with van der Waals surface area (Å²) >= 11 is 0. The molecule has 2 atom stereocenters. The first kappa shape index (κ1) is 11.2. The lowest BCUT2D eigenvalue weighted by Crippen LogP contribution is -2.44. The van der Waals surface area contributed by atoms with Gasteiger partial charge in [-0.3, -0.25) is 9.58 Å². The third-order valence-corrected chi connectivity index (χ3v) is 4.50. The van der Waals surface area contributed by atoms with Gasteiger partial charge in [-0.1, -0.05) is 0 Å². The summed E-state index contributed by atoms with van der Waals surface area (Å²) < 4.78 is 1.98. The third-order valence-electron chi connectivity index (χ3n) is 4.50. The number of aromatic nitrogens is 2. The summed E-state index contributed by atoms with van der Waals surface area (Å²) in [6.07, 6.45) is 4.78. The van der Waals surface area contributed by atoms with Crippen molar-refractivity contribution in [1.82, 2.24) is 20.0 Å². The van der Waals surface area contributed by atoms with E-state index in [1.54, 1.807) is 0 Å². The molecule has 0 aliphatic carbocycles. The second-order valence-corrected chi connectivity index (χ2v) is 5.48. The molecule has 94 valence electrons. The first-order chi connectivity index (χ1) is 8.25. The minimum absolute atomic E-state index is 0.753. The first-order valence-electron chi connectivity index (χ1n) is 6.68. The van der Waals surface area contributed by atoms with Crippen LogP contribution in [0.25, 0.3) is 0 Å². The van der Waals surface area contributed by atoms with Crippen LogP contribution in [0.4, 0.5) is 0 Å². The van der Waals surface area contributed by atoms with E-state index in [1.165, 1.54) is 43.7 Å². The molecule has 0 aromatic carbocycles. The predicted octanol–water partition coefficient (Wildman–Crippen LogP) is 0.912. The SMILES string of the molecule is Cc1c(CN2CCCC3CNCC32)cnn1C. The van der Waals surface area contributed by atoms with E-state index in [4.69, 9.17) is 0 Å². The highest BCUT2D eigenvalue weighted by molar-refractivity contribution is 5.16. The molecule has 1 N–H and O–H groups in total. The van der Waals surface area contributed by atoms with Crippen LogP contribution < -0.4 is 5.32 Å². The van der Waals surface area contributed by atoms with Gasteiger partial charge < -0.3 is 5.32 Å². The number of fused-ring (bicyclic) bond motifs is 1. The largest absolute Gasteiger partial charge is 0.315 e. The number of nitrogens with one attached hydrogen (secondary N) is 1. The lowest BCUT2D eigenvalue weighted by Gasteiger charge is -2.36. The molecule has 0 saturated carbocycles. The van der Waals surface area contributed by atoms with E-state index in [0.29, 0.717) is 0 Å². The maximum absolute atomic E-state index is 4.34.